The molecule has 3 rings (SSSR count). The largest absolute Gasteiger partial charge is 0.240 e. The van der Waals surface area contributed by atoms with Gasteiger partial charge in [-0.05, 0) is 56.4 Å². The van der Waals surface area contributed by atoms with Crippen LogP contribution in [0, 0.1) is 6.92 Å². The Labute approximate surface area is 139 Å². The van der Waals surface area contributed by atoms with Gasteiger partial charge in [-0.2, -0.15) is 5.10 Å². The van der Waals surface area contributed by atoms with E-state index in [0.29, 0.717) is 11.8 Å². The molecule has 1 aliphatic rings. The maximum Gasteiger partial charge on any atom is 0.0683 e. The van der Waals surface area contributed by atoms with Crippen LogP contribution in [0.25, 0.3) is 5.69 Å². The van der Waals surface area contributed by atoms with Crippen LogP contribution in [0.15, 0.2) is 53.8 Å². The van der Waals surface area contributed by atoms with Gasteiger partial charge in [0, 0.05) is 12.1 Å². The number of hydrogen-bond acceptors (Lipinski definition) is 1. The van der Waals surface area contributed by atoms with Gasteiger partial charge in [0.15, 0.2) is 0 Å². The number of hydrogen-bond donors (Lipinski definition) is 0. The summed E-state index contributed by atoms with van der Waals surface area (Å²) in [6.07, 6.45) is 7.84. The third-order valence-corrected chi connectivity index (χ3v) is 4.55. The third-order valence-electron chi connectivity index (χ3n) is 4.55. The van der Waals surface area contributed by atoms with Crippen LogP contribution in [0.1, 0.15) is 62.8 Å². The molecule has 0 amide bonds. The van der Waals surface area contributed by atoms with Gasteiger partial charge < -0.3 is 0 Å². The second-order valence-electron chi connectivity index (χ2n) is 7.09. The Morgan fingerprint density at radius 3 is 2.52 bits per heavy atom. The Hall–Kier alpha value is -2.09. The molecule has 0 radical (unpaired) electrons. The van der Waals surface area contributed by atoms with Crippen LogP contribution in [0.2, 0.25) is 0 Å². The first kappa shape index (κ1) is 15.8. The minimum atomic E-state index is 0.469. The molecule has 0 N–H and O–H groups in total. The van der Waals surface area contributed by atoms with Crippen molar-refractivity contribution in [3.05, 3.63) is 70.6 Å². The van der Waals surface area contributed by atoms with Gasteiger partial charge >= 0.3 is 0 Å². The molecule has 2 aromatic rings. The van der Waals surface area contributed by atoms with Crippen LogP contribution in [0.5, 0.6) is 0 Å². The fraction of sp³-hybridized carbons (Fsp3) is 0.381. The van der Waals surface area contributed by atoms with Crippen molar-refractivity contribution >= 4 is 0 Å². The number of benzene rings is 1. The Morgan fingerprint density at radius 2 is 1.91 bits per heavy atom. The maximum atomic E-state index is 4.63. The number of aromatic nitrogens is 2. The summed E-state index contributed by atoms with van der Waals surface area (Å²) >= 11 is 0. The summed E-state index contributed by atoms with van der Waals surface area (Å²) in [5.74, 6) is 0.949. The molecule has 0 spiro atoms. The second-order valence-corrected chi connectivity index (χ2v) is 7.09. The van der Waals surface area contributed by atoms with Crippen LogP contribution in [-0.4, -0.2) is 9.78 Å². The van der Waals surface area contributed by atoms with Crippen molar-refractivity contribution in [1.29, 1.82) is 0 Å². The van der Waals surface area contributed by atoms with Gasteiger partial charge in [-0.25, -0.2) is 4.68 Å². The van der Waals surface area contributed by atoms with Crippen molar-refractivity contribution in [2.24, 2.45) is 0 Å². The Bertz CT molecular complexity index is 775. The van der Waals surface area contributed by atoms with Crippen molar-refractivity contribution in [1.82, 2.24) is 9.78 Å². The number of rotatable bonds is 3. The quantitative estimate of drug-likeness (QED) is 0.713. The predicted molar refractivity (Wildman–Crippen MR) is 97.3 cm³/mol. The Kier molecular flexibility index (Phi) is 4.25. The van der Waals surface area contributed by atoms with E-state index in [4.69, 9.17) is 0 Å². The zero-order chi connectivity index (χ0) is 16.6. The third kappa shape index (κ3) is 3.31. The average molecular weight is 306 g/mol. The van der Waals surface area contributed by atoms with Crippen LogP contribution < -0.4 is 0 Å². The van der Waals surface area contributed by atoms with E-state index in [1.165, 1.54) is 28.0 Å². The van der Waals surface area contributed by atoms with E-state index >= 15 is 0 Å². The molecule has 1 aliphatic carbocycles. The first-order valence-electron chi connectivity index (χ1n) is 8.46. The molecule has 1 aromatic carbocycles. The first-order chi connectivity index (χ1) is 10.9. The average Bonchev–Trinajstić information content (AvgIpc) is 2.92. The zero-order valence-corrected chi connectivity index (χ0v) is 14.8. The SMILES string of the molecule is CC1=CC(c2ccc(C(C)C)c(-n3ccc(C)n3)c2)CC(C)=C1. The topological polar surface area (TPSA) is 17.8 Å². The molecule has 0 saturated heterocycles. The summed E-state index contributed by atoms with van der Waals surface area (Å²) in [6, 6.07) is 8.97. The van der Waals surface area contributed by atoms with Crippen molar-refractivity contribution in [3.8, 4) is 5.69 Å². The molecule has 23 heavy (non-hydrogen) atoms. The van der Waals surface area contributed by atoms with Crippen molar-refractivity contribution in [2.45, 2.75) is 52.9 Å². The molecule has 0 saturated carbocycles. The number of allylic oxidation sites excluding steroid dienone is 4. The highest BCUT2D eigenvalue weighted by molar-refractivity contribution is 5.48. The fourth-order valence-electron chi connectivity index (χ4n) is 3.46. The molecule has 0 bridgehead atoms. The molecule has 0 aliphatic heterocycles. The standard InChI is InChI=1S/C21H26N2/c1-14(2)20-7-6-18(19-11-15(3)10-16(4)12-19)13-21(20)23-9-8-17(5)22-23/h6-11,13-14,19H,12H2,1-5H3. The molecule has 2 nitrogen and oxygen atoms in total. The van der Waals surface area contributed by atoms with Crippen LogP contribution in [0.3, 0.4) is 0 Å². The summed E-state index contributed by atoms with van der Waals surface area (Å²) < 4.78 is 2.02. The lowest BCUT2D eigenvalue weighted by Crippen LogP contribution is -2.07. The van der Waals surface area contributed by atoms with Gasteiger partial charge in [0.2, 0.25) is 0 Å². The predicted octanol–water partition coefficient (Wildman–Crippen LogP) is 5.68. The Balaban J connectivity index is 2.06. The smallest absolute Gasteiger partial charge is 0.0683 e. The zero-order valence-electron chi connectivity index (χ0n) is 14.8. The van der Waals surface area contributed by atoms with Crippen LogP contribution in [-0.2, 0) is 0 Å². The summed E-state index contributed by atoms with van der Waals surface area (Å²) in [5, 5.41) is 4.63. The van der Waals surface area contributed by atoms with Gasteiger partial charge in [0.1, 0.15) is 0 Å². The molecule has 1 unspecified atom stereocenters. The van der Waals surface area contributed by atoms with Crippen LogP contribution in [0.4, 0.5) is 0 Å². The molecule has 1 atom stereocenters. The van der Waals surface area contributed by atoms with E-state index in [0.717, 1.165) is 12.1 Å². The van der Waals surface area contributed by atoms with Gasteiger partial charge in [-0.1, -0.05) is 49.3 Å². The highest BCUT2D eigenvalue weighted by Crippen LogP contribution is 2.34. The van der Waals surface area contributed by atoms with Crippen molar-refractivity contribution < 1.29 is 0 Å². The molecular weight excluding hydrogens is 280 g/mol. The number of aryl methyl sites for hydroxylation is 1. The molecule has 1 heterocycles. The van der Waals surface area contributed by atoms with Crippen LogP contribution >= 0.6 is 0 Å². The lowest BCUT2D eigenvalue weighted by molar-refractivity contribution is 0.777. The lowest BCUT2D eigenvalue weighted by Gasteiger charge is -2.22. The number of nitrogens with zero attached hydrogens (tertiary/aromatic N) is 2. The van der Waals surface area contributed by atoms with E-state index < -0.39 is 0 Å². The monoisotopic (exact) mass is 306 g/mol. The van der Waals surface area contributed by atoms with E-state index in [1.54, 1.807) is 0 Å². The fourth-order valence-corrected chi connectivity index (χ4v) is 3.46. The molecule has 1 aromatic heterocycles. The highest BCUT2D eigenvalue weighted by atomic mass is 15.3. The summed E-state index contributed by atoms with van der Waals surface area (Å²) in [6.45, 7) is 10.9. The highest BCUT2D eigenvalue weighted by Gasteiger charge is 2.17. The lowest BCUT2D eigenvalue weighted by atomic mass is 9.85. The normalized spacial score (nSPS) is 18.1. The summed E-state index contributed by atoms with van der Waals surface area (Å²) in [5.41, 5.74) is 7.81. The molecule has 2 heteroatoms. The molecule has 120 valence electrons. The maximum absolute atomic E-state index is 4.63. The summed E-state index contributed by atoms with van der Waals surface area (Å²) in [7, 11) is 0. The second kappa shape index (κ2) is 6.19. The van der Waals surface area contributed by atoms with Gasteiger partial charge in [0.05, 0.1) is 11.4 Å². The molecule has 0 fully saturated rings. The van der Waals surface area contributed by atoms with E-state index in [1.807, 2.05) is 11.6 Å². The van der Waals surface area contributed by atoms with Crippen molar-refractivity contribution in [2.75, 3.05) is 0 Å². The molecular formula is C21H26N2. The van der Waals surface area contributed by atoms with E-state index in [9.17, 15) is 0 Å². The minimum absolute atomic E-state index is 0.469. The van der Waals surface area contributed by atoms with E-state index in [-0.39, 0.29) is 0 Å². The van der Waals surface area contributed by atoms with Crippen molar-refractivity contribution in [3.63, 3.8) is 0 Å². The minimum Gasteiger partial charge on any atom is -0.240 e. The summed E-state index contributed by atoms with van der Waals surface area (Å²) in [4.78, 5) is 0. The Morgan fingerprint density at radius 1 is 1.13 bits per heavy atom. The van der Waals surface area contributed by atoms with Gasteiger partial charge in [0.25, 0.3) is 0 Å². The first-order valence-corrected chi connectivity index (χ1v) is 8.46. The van der Waals surface area contributed by atoms with E-state index in [2.05, 4.69) is 75.4 Å². The van der Waals surface area contributed by atoms with Gasteiger partial charge in [-0.15, -0.1) is 0 Å². The van der Waals surface area contributed by atoms with Gasteiger partial charge in [-0.3, -0.25) is 0 Å².